The first-order valence-corrected chi connectivity index (χ1v) is 5.28. The van der Waals surface area contributed by atoms with Gasteiger partial charge in [0.1, 0.15) is 6.54 Å². The van der Waals surface area contributed by atoms with Crippen LogP contribution in [0.5, 0.6) is 0 Å². The summed E-state index contributed by atoms with van der Waals surface area (Å²) in [5.41, 5.74) is 0. The van der Waals surface area contributed by atoms with Crippen LogP contribution < -0.4 is 0 Å². The van der Waals surface area contributed by atoms with Gasteiger partial charge in [0.25, 0.3) is 6.43 Å². The molecule has 0 unspecified atom stereocenters. The smallest absolute Gasteiger partial charge is 0.389 e. The van der Waals surface area contributed by atoms with Crippen LogP contribution in [0.1, 0.15) is 0 Å². The number of aliphatic hydroxyl groups excluding tert-OH is 1. The monoisotopic (exact) mass is 278 g/mol. The summed E-state index contributed by atoms with van der Waals surface area (Å²) in [4.78, 5) is 22.1. The molecule has 0 radical (unpaired) electrons. The van der Waals surface area contributed by atoms with Gasteiger partial charge in [0.05, 0.1) is 30.5 Å². The van der Waals surface area contributed by atoms with Crippen molar-refractivity contribution in [2.45, 2.75) is 13.0 Å². The van der Waals surface area contributed by atoms with Crippen LogP contribution in [-0.2, 0) is 11.3 Å². The molecule has 1 heterocycles. The number of carbonyl (C=O) groups excluding carboxylic acids is 1. The predicted octanol–water partition coefficient (Wildman–Crippen LogP) is -0.123. The number of alkyl halides is 2. The lowest BCUT2D eigenvalue weighted by Crippen LogP contribution is -2.39. The molecule has 1 N–H and O–H groups in total. The maximum absolute atomic E-state index is 12.2. The molecule has 0 atom stereocenters. The third-order valence-electron chi connectivity index (χ3n) is 2.19. The molecule has 0 saturated heterocycles. The first-order valence-electron chi connectivity index (χ1n) is 5.28. The Morgan fingerprint density at radius 3 is 2.79 bits per heavy atom. The summed E-state index contributed by atoms with van der Waals surface area (Å²) in [6, 6.07) is 1.09. The van der Waals surface area contributed by atoms with Gasteiger partial charge in [0, 0.05) is 6.54 Å². The normalized spacial score (nSPS) is 10.7. The molecular weight excluding hydrogens is 266 g/mol. The molecule has 0 fully saturated rings. The van der Waals surface area contributed by atoms with E-state index < -0.39 is 42.8 Å². The van der Waals surface area contributed by atoms with Crippen molar-refractivity contribution in [3.05, 3.63) is 22.4 Å². The average Bonchev–Trinajstić information content (AvgIpc) is 2.76. The van der Waals surface area contributed by atoms with Crippen LogP contribution in [0.4, 0.5) is 14.6 Å². The summed E-state index contributed by atoms with van der Waals surface area (Å²) in [6.07, 6.45) is -1.52. The summed E-state index contributed by atoms with van der Waals surface area (Å²) >= 11 is 0. The molecule has 0 aliphatic heterocycles. The summed E-state index contributed by atoms with van der Waals surface area (Å²) in [5, 5.41) is 22.6. The minimum Gasteiger partial charge on any atom is -0.395 e. The first-order chi connectivity index (χ1) is 8.93. The Bertz CT molecular complexity index is 451. The Morgan fingerprint density at radius 2 is 2.32 bits per heavy atom. The number of aromatic nitrogens is 2. The maximum atomic E-state index is 12.2. The molecule has 0 aliphatic carbocycles. The van der Waals surface area contributed by atoms with Gasteiger partial charge in [-0.25, -0.2) is 8.78 Å². The van der Waals surface area contributed by atoms with Crippen LogP contribution in [0.3, 0.4) is 0 Å². The Kier molecular flexibility index (Phi) is 5.30. The molecule has 8 nitrogen and oxygen atoms in total. The van der Waals surface area contributed by atoms with Crippen molar-refractivity contribution in [2.24, 2.45) is 0 Å². The van der Waals surface area contributed by atoms with E-state index >= 15 is 0 Å². The highest BCUT2D eigenvalue weighted by Crippen LogP contribution is 2.06. The van der Waals surface area contributed by atoms with Gasteiger partial charge in [-0.2, -0.15) is 4.68 Å². The molecule has 1 rings (SSSR count). The second kappa shape index (κ2) is 6.73. The van der Waals surface area contributed by atoms with E-state index in [0.717, 1.165) is 15.6 Å². The lowest BCUT2D eigenvalue weighted by Gasteiger charge is -2.20. The quantitative estimate of drug-likeness (QED) is 0.553. The lowest BCUT2D eigenvalue weighted by molar-refractivity contribution is -0.389. The molecule has 1 aromatic rings. The second-order valence-electron chi connectivity index (χ2n) is 3.58. The van der Waals surface area contributed by atoms with Gasteiger partial charge >= 0.3 is 5.82 Å². The second-order valence-corrected chi connectivity index (χ2v) is 3.58. The molecule has 0 spiro atoms. The number of rotatable bonds is 7. The zero-order valence-electron chi connectivity index (χ0n) is 9.78. The molecular formula is C9H12F2N4O4. The third kappa shape index (κ3) is 4.58. The minimum atomic E-state index is -2.72. The fraction of sp³-hybridized carbons (Fsp3) is 0.556. The molecule has 1 aromatic heterocycles. The first kappa shape index (κ1) is 15.0. The standard InChI is InChI=1S/C9H12F2N4O4/c10-7(11)5-13(3-4-16)9(17)6-14-2-1-8(12-14)15(18)19/h1-2,7,16H,3-6H2. The molecule has 1 amide bonds. The van der Waals surface area contributed by atoms with Gasteiger partial charge in [0.2, 0.25) is 5.91 Å². The molecule has 0 bridgehead atoms. The molecule has 10 heteroatoms. The third-order valence-corrected chi connectivity index (χ3v) is 2.19. The molecule has 106 valence electrons. The fourth-order valence-electron chi connectivity index (χ4n) is 1.38. The number of nitro groups is 1. The van der Waals surface area contributed by atoms with E-state index in [1.165, 1.54) is 6.20 Å². The molecule has 0 aliphatic rings. The highest BCUT2D eigenvalue weighted by atomic mass is 19.3. The van der Waals surface area contributed by atoms with E-state index in [1.54, 1.807) is 0 Å². The number of nitrogens with zero attached hydrogens (tertiary/aromatic N) is 4. The van der Waals surface area contributed by atoms with Crippen molar-refractivity contribution in [1.82, 2.24) is 14.7 Å². The summed E-state index contributed by atoms with van der Waals surface area (Å²) < 4.78 is 25.4. The van der Waals surface area contributed by atoms with E-state index in [-0.39, 0.29) is 6.54 Å². The van der Waals surface area contributed by atoms with Gasteiger partial charge in [-0.15, -0.1) is 0 Å². The largest absolute Gasteiger partial charge is 0.395 e. The summed E-state index contributed by atoms with van der Waals surface area (Å²) in [7, 11) is 0. The number of hydrogen-bond acceptors (Lipinski definition) is 5. The Morgan fingerprint density at radius 1 is 1.63 bits per heavy atom. The topological polar surface area (TPSA) is 102 Å². The van der Waals surface area contributed by atoms with Crippen LogP contribution in [0.15, 0.2) is 12.3 Å². The van der Waals surface area contributed by atoms with Crippen LogP contribution in [0, 0.1) is 10.1 Å². The van der Waals surface area contributed by atoms with Crippen molar-refractivity contribution >= 4 is 11.7 Å². The maximum Gasteiger partial charge on any atom is 0.389 e. The number of halogens is 2. The molecule has 0 saturated carbocycles. The average molecular weight is 278 g/mol. The highest BCUT2D eigenvalue weighted by Gasteiger charge is 2.20. The summed E-state index contributed by atoms with van der Waals surface area (Å²) in [5.74, 6) is -1.14. The van der Waals surface area contributed by atoms with Crippen molar-refractivity contribution in [3.63, 3.8) is 0 Å². The minimum absolute atomic E-state index is 0.230. The zero-order valence-corrected chi connectivity index (χ0v) is 9.78. The van der Waals surface area contributed by atoms with E-state index in [4.69, 9.17) is 5.11 Å². The Hall–Kier alpha value is -2.10. The van der Waals surface area contributed by atoms with Crippen molar-refractivity contribution < 1.29 is 23.6 Å². The fourth-order valence-corrected chi connectivity index (χ4v) is 1.38. The number of amides is 1. The van der Waals surface area contributed by atoms with Crippen molar-refractivity contribution in [2.75, 3.05) is 19.7 Å². The van der Waals surface area contributed by atoms with E-state index in [0.29, 0.717) is 0 Å². The lowest BCUT2D eigenvalue weighted by atomic mass is 10.4. The van der Waals surface area contributed by atoms with Crippen LogP contribution >= 0.6 is 0 Å². The van der Waals surface area contributed by atoms with Crippen LogP contribution in [-0.4, -0.2) is 56.7 Å². The van der Waals surface area contributed by atoms with Gasteiger partial charge < -0.3 is 20.1 Å². The van der Waals surface area contributed by atoms with E-state index in [9.17, 15) is 23.7 Å². The predicted molar refractivity (Wildman–Crippen MR) is 58.6 cm³/mol. The SMILES string of the molecule is O=C(Cn1ccc([N+](=O)[O-])n1)N(CCO)CC(F)F. The summed E-state index contributed by atoms with van der Waals surface area (Å²) in [6.45, 7) is -1.88. The van der Waals surface area contributed by atoms with Crippen LogP contribution in [0.25, 0.3) is 0 Å². The van der Waals surface area contributed by atoms with Gasteiger partial charge in [-0.1, -0.05) is 0 Å². The molecule has 19 heavy (non-hydrogen) atoms. The van der Waals surface area contributed by atoms with E-state index in [1.807, 2.05) is 0 Å². The Balaban J connectivity index is 2.66. The van der Waals surface area contributed by atoms with Gasteiger partial charge in [-0.05, 0) is 4.92 Å². The van der Waals surface area contributed by atoms with Crippen LogP contribution in [0.2, 0.25) is 0 Å². The van der Waals surface area contributed by atoms with Crippen molar-refractivity contribution in [1.29, 1.82) is 0 Å². The van der Waals surface area contributed by atoms with Gasteiger partial charge in [0.15, 0.2) is 0 Å². The van der Waals surface area contributed by atoms with Crippen molar-refractivity contribution in [3.8, 4) is 0 Å². The number of aliphatic hydroxyl groups is 1. The molecule has 0 aromatic carbocycles. The van der Waals surface area contributed by atoms with E-state index in [2.05, 4.69) is 5.10 Å². The Labute approximate surface area is 106 Å². The number of hydrogen-bond donors (Lipinski definition) is 1. The zero-order chi connectivity index (χ0) is 14.4. The highest BCUT2D eigenvalue weighted by molar-refractivity contribution is 5.75. The van der Waals surface area contributed by atoms with Gasteiger partial charge in [-0.3, -0.25) is 4.79 Å². The number of carbonyl (C=O) groups is 1.